The van der Waals surface area contributed by atoms with Gasteiger partial charge in [-0.15, -0.1) is 24.8 Å². The standard InChI is InChI=1S/C18H28N4O.2ClH/c19-12-17-6-7-22(14-17)18(23)15-21-10-8-20(9-11-21)13-16-4-2-1-3-5-16;;/h1-5,17H,6-15,19H2;2*1H. The van der Waals surface area contributed by atoms with Gasteiger partial charge in [-0.05, 0) is 24.4 Å². The highest BCUT2D eigenvalue weighted by atomic mass is 35.5. The van der Waals surface area contributed by atoms with Gasteiger partial charge < -0.3 is 10.6 Å². The van der Waals surface area contributed by atoms with E-state index in [1.165, 1.54) is 5.56 Å². The first-order chi connectivity index (χ1) is 11.2. The molecule has 25 heavy (non-hydrogen) atoms. The lowest BCUT2D eigenvalue weighted by Crippen LogP contribution is -2.49. The fraction of sp³-hybridized carbons (Fsp3) is 0.611. The number of nitrogens with two attached hydrogens (primary N) is 1. The number of amides is 1. The van der Waals surface area contributed by atoms with Crippen LogP contribution in [-0.2, 0) is 11.3 Å². The summed E-state index contributed by atoms with van der Waals surface area (Å²) in [5.74, 6) is 0.777. The van der Waals surface area contributed by atoms with Crippen molar-refractivity contribution in [3.63, 3.8) is 0 Å². The number of rotatable bonds is 5. The van der Waals surface area contributed by atoms with Crippen LogP contribution in [0.25, 0.3) is 0 Å². The van der Waals surface area contributed by atoms with E-state index in [0.29, 0.717) is 19.0 Å². The molecule has 0 aliphatic carbocycles. The number of hydrogen-bond acceptors (Lipinski definition) is 4. The highest BCUT2D eigenvalue weighted by molar-refractivity contribution is 5.85. The first-order valence-corrected chi connectivity index (χ1v) is 8.71. The summed E-state index contributed by atoms with van der Waals surface area (Å²) < 4.78 is 0. The van der Waals surface area contributed by atoms with Crippen LogP contribution in [0.4, 0.5) is 0 Å². The van der Waals surface area contributed by atoms with Crippen LogP contribution in [0.2, 0.25) is 0 Å². The second-order valence-corrected chi connectivity index (χ2v) is 6.77. The average Bonchev–Trinajstić information content (AvgIpc) is 3.07. The third-order valence-electron chi connectivity index (χ3n) is 5.04. The molecule has 0 aromatic heterocycles. The van der Waals surface area contributed by atoms with Crippen molar-refractivity contribution < 1.29 is 4.79 Å². The van der Waals surface area contributed by atoms with E-state index in [0.717, 1.165) is 52.2 Å². The van der Waals surface area contributed by atoms with Gasteiger partial charge in [0.05, 0.1) is 6.54 Å². The molecule has 2 fully saturated rings. The monoisotopic (exact) mass is 388 g/mol. The zero-order chi connectivity index (χ0) is 16.1. The number of hydrogen-bond donors (Lipinski definition) is 1. The fourth-order valence-electron chi connectivity index (χ4n) is 3.49. The highest BCUT2D eigenvalue weighted by Crippen LogP contribution is 2.15. The lowest BCUT2D eigenvalue weighted by Gasteiger charge is -2.35. The maximum Gasteiger partial charge on any atom is 0.236 e. The van der Waals surface area contributed by atoms with Crippen molar-refractivity contribution in [2.75, 3.05) is 52.4 Å². The molecule has 1 amide bonds. The van der Waals surface area contributed by atoms with E-state index in [1.807, 2.05) is 4.90 Å². The summed E-state index contributed by atoms with van der Waals surface area (Å²) in [5.41, 5.74) is 7.07. The molecule has 0 spiro atoms. The van der Waals surface area contributed by atoms with Crippen LogP contribution < -0.4 is 5.73 Å². The third kappa shape index (κ3) is 6.42. The van der Waals surface area contributed by atoms with Gasteiger partial charge in [0, 0.05) is 45.8 Å². The van der Waals surface area contributed by atoms with Crippen molar-refractivity contribution >= 4 is 30.7 Å². The number of benzene rings is 1. The van der Waals surface area contributed by atoms with Crippen molar-refractivity contribution in [3.8, 4) is 0 Å². The second-order valence-electron chi connectivity index (χ2n) is 6.77. The Kier molecular flexibility index (Phi) is 9.75. The van der Waals surface area contributed by atoms with E-state index in [4.69, 9.17) is 5.73 Å². The number of likely N-dealkylation sites (tertiary alicyclic amines) is 1. The van der Waals surface area contributed by atoms with Gasteiger partial charge in [-0.2, -0.15) is 0 Å². The molecule has 2 N–H and O–H groups in total. The highest BCUT2D eigenvalue weighted by Gasteiger charge is 2.27. The van der Waals surface area contributed by atoms with Crippen LogP contribution >= 0.6 is 24.8 Å². The normalized spacial score (nSPS) is 21.5. The van der Waals surface area contributed by atoms with E-state index in [2.05, 4.69) is 40.1 Å². The molecule has 142 valence electrons. The molecule has 2 heterocycles. The Bertz CT molecular complexity index is 509. The molecule has 2 aliphatic rings. The Morgan fingerprint density at radius 3 is 2.24 bits per heavy atom. The smallest absolute Gasteiger partial charge is 0.236 e. The van der Waals surface area contributed by atoms with Crippen LogP contribution in [0.1, 0.15) is 12.0 Å². The van der Waals surface area contributed by atoms with Gasteiger partial charge in [-0.3, -0.25) is 14.6 Å². The van der Waals surface area contributed by atoms with E-state index < -0.39 is 0 Å². The van der Waals surface area contributed by atoms with Crippen LogP contribution in [0, 0.1) is 5.92 Å². The molecule has 0 saturated carbocycles. The van der Waals surface area contributed by atoms with E-state index in [1.54, 1.807) is 0 Å². The van der Waals surface area contributed by atoms with Crippen molar-refractivity contribution in [1.82, 2.24) is 14.7 Å². The summed E-state index contributed by atoms with van der Waals surface area (Å²) in [5, 5.41) is 0. The minimum Gasteiger partial charge on any atom is -0.341 e. The maximum atomic E-state index is 12.4. The van der Waals surface area contributed by atoms with Gasteiger partial charge in [-0.1, -0.05) is 30.3 Å². The Labute approximate surface area is 163 Å². The maximum absolute atomic E-state index is 12.4. The Balaban J connectivity index is 0.00000156. The number of nitrogens with zero attached hydrogens (tertiary/aromatic N) is 3. The molecular weight excluding hydrogens is 359 g/mol. The molecule has 3 rings (SSSR count). The first-order valence-electron chi connectivity index (χ1n) is 8.71. The fourth-order valence-corrected chi connectivity index (χ4v) is 3.49. The Morgan fingerprint density at radius 2 is 1.64 bits per heavy atom. The minimum atomic E-state index is 0. The van der Waals surface area contributed by atoms with E-state index in [-0.39, 0.29) is 30.7 Å². The van der Waals surface area contributed by atoms with Crippen LogP contribution in [0.5, 0.6) is 0 Å². The zero-order valence-electron chi connectivity index (χ0n) is 14.7. The largest absolute Gasteiger partial charge is 0.341 e. The van der Waals surface area contributed by atoms with Crippen molar-refractivity contribution in [2.45, 2.75) is 13.0 Å². The molecule has 2 aliphatic heterocycles. The molecular formula is C18H30Cl2N4O. The minimum absolute atomic E-state index is 0. The van der Waals surface area contributed by atoms with E-state index >= 15 is 0 Å². The molecule has 1 unspecified atom stereocenters. The van der Waals surface area contributed by atoms with Gasteiger partial charge >= 0.3 is 0 Å². The lowest BCUT2D eigenvalue weighted by atomic mass is 10.1. The van der Waals surface area contributed by atoms with Crippen molar-refractivity contribution in [2.24, 2.45) is 11.7 Å². The molecule has 1 aromatic carbocycles. The molecule has 1 atom stereocenters. The second kappa shape index (κ2) is 11.0. The van der Waals surface area contributed by atoms with Gasteiger partial charge in [0.15, 0.2) is 0 Å². The summed E-state index contributed by atoms with van der Waals surface area (Å²) in [6, 6.07) is 10.6. The number of piperazine rings is 1. The van der Waals surface area contributed by atoms with Crippen molar-refractivity contribution in [1.29, 1.82) is 0 Å². The van der Waals surface area contributed by atoms with E-state index in [9.17, 15) is 4.79 Å². The van der Waals surface area contributed by atoms with Gasteiger partial charge in [-0.25, -0.2) is 0 Å². The molecule has 1 aromatic rings. The zero-order valence-corrected chi connectivity index (χ0v) is 16.3. The molecule has 0 radical (unpaired) electrons. The van der Waals surface area contributed by atoms with Crippen LogP contribution in [0.3, 0.4) is 0 Å². The average molecular weight is 389 g/mol. The van der Waals surface area contributed by atoms with Gasteiger partial charge in [0.1, 0.15) is 0 Å². The number of carbonyl (C=O) groups excluding carboxylic acids is 1. The summed E-state index contributed by atoms with van der Waals surface area (Å²) >= 11 is 0. The summed E-state index contributed by atoms with van der Waals surface area (Å²) in [7, 11) is 0. The first kappa shape index (κ1) is 22.2. The van der Waals surface area contributed by atoms with Gasteiger partial charge in [0.25, 0.3) is 0 Å². The third-order valence-corrected chi connectivity index (χ3v) is 5.04. The number of halogens is 2. The quantitative estimate of drug-likeness (QED) is 0.829. The molecule has 0 bridgehead atoms. The predicted molar refractivity (Wildman–Crippen MR) is 106 cm³/mol. The Morgan fingerprint density at radius 1 is 1.00 bits per heavy atom. The molecule has 7 heteroatoms. The van der Waals surface area contributed by atoms with Crippen molar-refractivity contribution in [3.05, 3.63) is 35.9 Å². The van der Waals surface area contributed by atoms with Crippen LogP contribution in [0.15, 0.2) is 30.3 Å². The lowest BCUT2D eigenvalue weighted by molar-refractivity contribution is -0.131. The predicted octanol–water partition coefficient (Wildman–Crippen LogP) is 1.45. The molecule has 5 nitrogen and oxygen atoms in total. The topological polar surface area (TPSA) is 52.8 Å². The van der Waals surface area contributed by atoms with Gasteiger partial charge in [0.2, 0.25) is 5.91 Å². The Hall–Kier alpha value is -0.850. The summed E-state index contributed by atoms with van der Waals surface area (Å²) in [6.07, 6.45) is 1.06. The summed E-state index contributed by atoms with van der Waals surface area (Å²) in [6.45, 7) is 8.03. The SMILES string of the molecule is Cl.Cl.NCC1CCN(C(=O)CN2CCN(Cc3ccccc3)CC2)C1. The molecule has 2 saturated heterocycles. The summed E-state index contributed by atoms with van der Waals surface area (Å²) in [4.78, 5) is 19.1. The number of carbonyl (C=O) groups is 1. The van der Waals surface area contributed by atoms with Crippen LogP contribution in [-0.4, -0.2) is 73.0 Å².